The Bertz CT molecular complexity index is 379. The Balaban J connectivity index is 2.25. The van der Waals surface area contributed by atoms with E-state index in [1.54, 1.807) is 11.1 Å². The summed E-state index contributed by atoms with van der Waals surface area (Å²) in [6, 6.07) is 3.78. The molecular weight excluding hydrogens is 192 g/mol. The zero-order valence-electron chi connectivity index (χ0n) is 8.68. The van der Waals surface area contributed by atoms with Crippen molar-refractivity contribution in [2.45, 2.75) is 13.3 Å². The summed E-state index contributed by atoms with van der Waals surface area (Å²) in [7, 11) is 0. The normalized spacial score (nSPS) is 21.1. The van der Waals surface area contributed by atoms with Crippen molar-refractivity contribution >= 4 is 11.7 Å². The highest BCUT2D eigenvalue weighted by Gasteiger charge is 2.31. The zero-order valence-corrected chi connectivity index (χ0v) is 8.68. The van der Waals surface area contributed by atoms with Crippen molar-refractivity contribution in [2.24, 2.45) is 5.92 Å². The molecule has 2 rings (SSSR count). The van der Waals surface area contributed by atoms with Crippen LogP contribution in [-0.2, 0) is 4.79 Å². The molecule has 1 aromatic rings. The van der Waals surface area contributed by atoms with E-state index in [1.807, 2.05) is 19.1 Å². The number of aliphatic hydroxyl groups is 1. The minimum atomic E-state index is 0.0517. The Labute approximate surface area is 88.6 Å². The van der Waals surface area contributed by atoms with Gasteiger partial charge in [-0.1, -0.05) is 6.07 Å². The van der Waals surface area contributed by atoms with Crippen molar-refractivity contribution in [1.29, 1.82) is 0 Å². The number of amides is 1. The molecule has 80 valence electrons. The van der Waals surface area contributed by atoms with Gasteiger partial charge in [0.05, 0.1) is 0 Å². The second-order valence-electron chi connectivity index (χ2n) is 3.90. The van der Waals surface area contributed by atoms with Crippen LogP contribution in [0.2, 0.25) is 0 Å². The van der Waals surface area contributed by atoms with Crippen LogP contribution in [-0.4, -0.2) is 29.1 Å². The summed E-state index contributed by atoms with van der Waals surface area (Å²) in [4.78, 5) is 17.5. The molecule has 1 fully saturated rings. The van der Waals surface area contributed by atoms with Gasteiger partial charge in [-0.15, -0.1) is 0 Å². The lowest BCUT2D eigenvalue weighted by Crippen LogP contribution is -2.26. The number of hydrogen-bond donors (Lipinski definition) is 1. The molecule has 0 aromatic carbocycles. The highest BCUT2D eigenvalue weighted by molar-refractivity contribution is 5.95. The summed E-state index contributed by atoms with van der Waals surface area (Å²) in [5.74, 6) is 0.827. The number of aromatic nitrogens is 1. The third-order valence-corrected chi connectivity index (χ3v) is 2.70. The molecule has 0 bridgehead atoms. The molecule has 1 amide bonds. The van der Waals surface area contributed by atoms with Gasteiger partial charge in [-0.2, -0.15) is 0 Å². The van der Waals surface area contributed by atoms with E-state index >= 15 is 0 Å². The fraction of sp³-hybridized carbons (Fsp3) is 0.455. The van der Waals surface area contributed by atoms with Gasteiger partial charge in [-0.3, -0.25) is 9.69 Å². The summed E-state index contributed by atoms with van der Waals surface area (Å²) >= 11 is 0. The minimum Gasteiger partial charge on any atom is -0.396 e. The van der Waals surface area contributed by atoms with Crippen LogP contribution in [0.25, 0.3) is 0 Å². The van der Waals surface area contributed by atoms with E-state index in [1.165, 1.54) is 0 Å². The lowest BCUT2D eigenvalue weighted by molar-refractivity contribution is -0.117. The molecule has 1 saturated heterocycles. The third kappa shape index (κ3) is 1.85. The fourth-order valence-electron chi connectivity index (χ4n) is 1.87. The molecule has 0 saturated carbocycles. The van der Waals surface area contributed by atoms with E-state index in [0.717, 1.165) is 11.4 Å². The zero-order chi connectivity index (χ0) is 10.8. The third-order valence-electron chi connectivity index (χ3n) is 2.70. The van der Waals surface area contributed by atoms with Crippen LogP contribution in [0.4, 0.5) is 5.82 Å². The van der Waals surface area contributed by atoms with E-state index < -0.39 is 0 Å². The predicted octanol–water partition coefficient (Wildman–Crippen LogP) is 0.735. The average molecular weight is 206 g/mol. The van der Waals surface area contributed by atoms with Gasteiger partial charge in [0.25, 0.3) is 0 Å². The number of carbonyl (C=O) groups is 1. The van der Waals surface area contributed by atoms with Crippen molar-refractivity contribution in [3.05, 3.63) is 23.9 Å². The first-order chi connectivity index (χ1) is 7.22. The molecule has 0 spiro atoms. The summed E-state index contributed by atoms with van der Waals surface area (Å²) < 4.78 is 0. The van der Waals surface area contributed by atoms with Crippen LogP contribution in [0.1, 0.15) is 12.0 Å². The molecule has 4 nitrogen and oxygen atoms in total. The second-order valence-corrected chi connectivity index (χ2v) is 3.90. The number of rotatable bonds is 2. The van der Waals surface area contributed by atoms with Crippen LogP contribution < -0.4 is 4.90 Å². The first-order valence-electron chi connectivity index (χ1n) is 5.05. The quantitative estimate of drug-likeness (QED) is 0.776. The van der Waals surface area contributed by atoms with E-state index in [0.29, 0.717) is 13.0 Å². The van der Waals surface area contributed by atoms with E-state index in [-0.39, 0.29) is 18.4 Å². The Hall–Kier alpha value is -1.42. The van der Waals surface area contributed by atoms with Gasteiger partial charge in [0.15, 0.2) is 0 Å². The summed E-state index contributed by atoms with van der Waals surface area (Å²) in [6.45, 7) is 2.57. The number of pyridine rings is 1. The predicted molar refractivity (Wildman–Crippen MR) is 56.5 cm³/mol. The number of nitrogens with zero attached hydrogens (tertiary/aromatic N) is 2. The van der Waals surface area contributed by atoms with Gasteiger partial charge in [-0.25, -0.2) is 4.98 Å². The number of hydrogen-bond acceptors (Lipinski definition) is 3. The number of aliphatic hydroxyl groups excluding tert-OH is 1. The molecule has 1 aliphatic heterocycles. The average Bonchev–Trinajstić information content (AvgIpc) is 2.60. The molecule has 1 atom stereocenters. The lowest BCUT2D eigenvalue weighted by Gasteiger charge is -2.16. The Morgan fingerprint density at radius 3 is 3.07 bits per heavy atom. The maximum atomic E-state index is 11.7. The highest BCUT2D eigenvalue weighted by Crippen LogP contribution is 2.25. The van der Waals surface area contributed by atoms with Crippen LogP contribution in [0, 0.1) is 12.8 Å². The largest absolute Gasteiger partial charge is 0.396 e. The number of aryl methyl sites for hydroxylation is 1. The maximum absolute atomic E-state index is 11.7. The molecule has 1 aromatic heterocycles. The van der Waals surface area contributed by atoms with Crippen molar-refractivity contribution in [3.8, 4) is 0 Å². The van der Waals surface area contributed by atoms with Crippen LogP contribution in [0.3, 0.4) is 0 Å². The maximum Gasteiger partial charge on any atom is 0.228 e. The highest BCUT2D eigenvalue weighted by atomic mass is 16.3. The van der Waals surface area contributed by atoms with Crippen molar-refractivity contribution in [1.82, 2.24) is 4.98 Å². The minimum absolute atomic E-state index is 0.0517. The molecule has 0 aliphatic carbocycles. The van der Waals surface area contributed by atoms with Gasteiger partial charge in [0.2, 0.25) is 5.91 Å². The first kappa shape index (κ1) is 10.1. The monoisotopic (exact) mass is 206 g/mol. The molecule has 15 heavy (non-hydrogen) atoms. The standard InChI is InChI=1S/C11H14N2O2/c1-8-3-2-4-12-11(8)13-6-9(7-14)5-10(13)15/h2-4,9,14H,5-7H2,1H3. The first-order valence-corrected chi connectivity index (χ1v) is 5.05. The van der Waals surface area contributed by atoms with Crippen LogP contribution in [0.5, 0.6) is 0 Å². The van der Waals surface area contributed by atoms with Crippen LogP contribution in [0.15, 0.2) is 18.3 Å². The second kappa shape index (κ2) is 3.98. The Kier molecular flexibility index (Phi) is 2.68. The molecule has 1 unspecified atom stereocenters. The van der Waals surface area contributed by atoms with Gasteiger partial charge < -0.3 is 5.11 Å². The Morgan fingerprint density at radius 2 is 2.47 bits per heavy atom. The molecule has 0 radical (unpaired) electrons. The van der Waals surface area contributed by atoms with Gasteiger partial charge in [0, 0.05) is 31.7 Å². The summed E-state index contributed by atoms with van der Waals surface area (Å²) in [5.41, 5.74) is 0.990. The van der Waals surface area contributed by atoms with Crippen molar-refractivity contribution in [2.75, 3.05) is 18.1 Å². The number of anilines is 1. The lowest BCUT2D eigenvalue weighted by atomic mass is 10.1. The van der Waals surface area contributed by atoms with Crippen molar-refractivity contribution in [3.63, 3.8) is 0 Å². The van der Waals surface area contributed by atoms with Gasteiger partial charge in [0.1, 0.15) is 5.82 Å². The Morgan fingerprint density at radius 1 is 1.67 bits per heavy atom. The molecule has 4 heteroatoms. The molecule has 1 N–H and O–H groups in total. The van der Waals surface area contributed by atoms with Crippen molar-refractivity contribution < 1.29 is 9.90 Å². The molecule has 2 heterocycles. The van der Waals surface area contributed by atoms with Gasteiger partial charge in [-0.05, 0) is 18.6 Å². The number of carbonyl (C=O) groups excluding carboxylic acids is 1. The topological polar surface area (TPSA) is 53.4 Å². The van der Waals surface area contributed by atoms with E-state index in [4.69, 9.17) is 5.11 Å². The van der Waals surface area contributed by atoms with Gasteiger partial charge >= 0.3 is 0 Å². The SMILES string of the molecule is Cc1cccnc1N1CC(CO)CC1=O. The smallest absolute Gasteiger partial charge is 0.228 e. The van der Waals surface area contributed by atoms with E-state index in [2.05, 4.69) is 4.98 Å². The molecule has 1 aliphatic rings. The summed E-state index contributed by atoms with van der Waals surface area (Å²) in [5, 5.41) is 9.02. The molecular formula is C11H14N2O2. The fourth-order valence-corrected chi connectivity index (χ4v) is 1.87. The van der Waals surface area contributed by atoms with E-state index in [9.17, 15) is 4.79 Å². The van der Waals surface area contributed by atoms with Crippen LogP contribution >= 0.6 is 0 Å². The summed E-state index contributed by atoms with van der Waals surface area (Å²) in [6.07, 6.45) is 2.11.